The number of halogens is 7. The number of esters is 8. The second-order valence-corrected chi connectivity index (χ2v) is 23.5. The van der Waals surface area contributed by atoms with Crippen molar-refractivity contribution in [1.29, 1.82) is 0 Å². The fourth-order valence-corrected chi connectivity index (χ4v) is 8.57. The highest BCUT2D eigenvalue weighted by molar-refractivity contribution is 5.81. The van der Waals surface area contributed by atoms with Crippen LogP contribution in [0.1, 0.15) is 59.6 Å². The van der Waals surface area contributed by atoms with E-state index in [2.05, 4.69) is 69.3 Å². The molecule has 0 saturated carbocycles. The van der Waals surface area contributed by atoms with Crippen LogP contribution >= 0.6 is 0 Å². The van der Waals surface area contributed by atoms with Gasteiger partial charge in [0, 0.05) is 6.07 Å². The van der Waals surface area contributed by atoms with Crippen LogP contribution in [0, 0.1) is 36.7 Å². The largest absolute Gasteiger partial charge is 0.467 e. The Labute approximate surface area is 603 Å². The molecule has 3 aromatic rings. The number of carbonyl (C=O) groups excluding carboxylic acids is 8. The second-order valence-electron chi connectivity index (χ2n) is 23.5. The van der Waals surface area contributed by atoms with E-state index in [1.807, 2.05) is 12.1 Å². The number of alkyl halides is 4. The fraction of sp³-hybridized carbons (Fsp3) is 0.582. The molecule has 0 aliphatic carbocycles. The highest BCUT2D eigenvalue weighted by Gasteiger charge is 2.61. The summed E-state index contributed by atoms with van der Waals surface area (Å²) in [4.78, 5) is 88.9. The molecular weight excluding hydrogens is 1450 g/mol. The minimum absolute atomic E-state index is 0.00562. The molecule has 11 rings (SSSR count). The van der Waals surface area contributed by atoms with Crippen LogP contribution in [-0.4, -0.2) is 242 Å². The smallest absolute Gasteiger partial charge is 0.418 e. The van der Waals surface area contributed by atoms with Crippen molar-refractivity contribution in [2.75, 3.05) is 116 Å². The fourth-order valence-electron chi connectivity index (χ4n) is 8.57. The van der Waals surface area contributed by atoms with Gasteiger partial charge < -0.3 is 114 Å². The van der Waals surface area contributed by atoms with Crippen molar-refractivity contribution in [3.63, 3.8) is 0 Å². The Kier molecular flexibility index (Phi) is 37.6. The zero-order chi connectivity index (χ0) is 79.0. The molecule has 8 saturated heterocycles. The zero-order valence-electron chi connectivity index (χ0n) is 59.5. The van der Waals surface area contributed by atoms with Crippen molar-refractivity contribution < 1.29 is 183 Å². The minimum atomic E-state index is -4.65. The number of rotatable bonds is 12. The highest BCUT2D eigenvalue weighted by Crippen LogP contribution is 2.38. The first-order chi connectivity index (χ1) is 50.1. The summed E-state index contributed by atoms with van der Waals surface area (Å²) in [5, 5.41) is 0. The van der Waals surface area contributed by atoms with Crippen molar-refractivity contribution in [3.8, 4) is 29.6 Å². The van der Waals surface area contributed by atoms with Gasteiger partial charge in [0.25, 0.3) is 0 Å². The first-order valence-corrected chi connectivity index (χ1v) is 31.4. The van der Waals surface area contributed by atoms with E-state index >= 15 is 0 Å². The van der Waals surface area contributed by atoms with Gasteiger partial charge in [-0.1, -0.05) is 38.8 Å². The number of carbonyl (C=O) groups is 8. The maximum Gasteiger partial charge on any atom is 0.418 e. The van der Waals surface area contributed by atoms with Crippen LogP contribution in [0.25, 0.3) is 0 Å². The first-order valence-electron chi connectivity index (χ1n) is 31.4. The number of aryl methyl sites for hydroxylation is 1. The predicted octanol–water partition coefficient (Wildman–Crippen LogP) is 5.37. The molecule has 12 atom stereocenters. The summed E-state index contributed by atoms with van der Waals surface area (Å²) < 4.78 is 202. The molecule has 0 amide bonds. The molecule has 106 heavy (non-hydrogen) atoms. The SMILES string of the molecule is C#CCOC(=O)C1OCOC1C.CC(C)(C)c1ccc(OC(=O)C2COCO2)cc1.COC(=O)C1(C)COCO1.COC(=O)C1(C)OCOC1C(F)(F)F.COC(=O)C1OCOC1C.COC(=O)C1OCOC1F.Cc1cc(OC(=O)C2COCO2)ccc1F.O=C(Oc1ccc(F)cc1F)C1COCO1. The Balaban J connectivity index is 0.000000259. The van der Waals surface area contributed by atoms with Crippen molar-refractivity contribution in [2.45, 2.75) is 139 Å². The Bertz CT molecular complexity index is 3290. The molecule has 8 heterocycles. The topological polar surface area (TPSA) is 358 Å². The third-order valence-electron chi connectivity index (χ3n) is 14.6. The van der Waals surface area contributed by atoms with Crippen molar-refractivity contribution >= 4 is 47.8 Å². The summed E-state index contributed by atoms with van der Waals surface area (Å²) in [6.45, 7) is 14.9. The van der Waals surface area contributed by atoms with Gasteiger partial charge in [-0.15, -0.1) is 6.42 Å². The van der Waals surface area contributed by atoms with Crippen molar-refractivity contribution in [2.24, 2.45) is 0 Å². The molecule has 39 heteroatoms. The van der Waals surface area contributed by atoms with Crippen LogP contribution in [0.5, 0.6) is 17.2 Å². The Morgan fingerprint density at radius 2 is 1.01 bits per heavy atom. The molecule has 8 aliphatic rings. The van der Waals surface area contributed by atoms with Crippen LogP contribution in [0.3, 0.4) is 0 Å². The quantitative estimate of drug-likeness (QED) is 0.0723. The van der Waals surface area contributed by atoms with Crippen LogP contribution in [0.15, 0.2) is 60.7 Å². The standard InChI is InChI=1S/C14H18O4.C11H11FO4.C10H8F2O4.C8H10O4.C7H9F3O4.2C6H10O4.C5H7FO4/c1-14(2,3)10-4-6-11(7-5-10)18-13(15)12-8-16-9-17-12;1-7-4-8(2-3-9(7)12)16-11(13)10-5-14-6-15-10;11-6-1-2-8(7(12)3-6)16-10(13)9-4-14-5-15-9;1-3-4-10-8(9)7-6(2)11-5-12-7;1-6(5(11)12-2)4(7(8,9)10)13-3-14-6;1-6(5(7)8-2)3-9-4-10-6;1-4-5(6(7)8-2)10-3-9-4;1-8-5(7)3-4(6)10-2-9-3/h4-7,12H,8-9H2,1-3H3;2-4,10H,5-6H2,1H3;1-3,9H,4-5H2;1,6-7H,4-5H2,2H3;4H,3H2,1-2H3;3-4H2,1-2H3;4-5H,3H2,1-2H3;3-4H,2H2,1H3. The van der Waals surface area contributed by atoms with E-state index in [0.717, 1.165) is 33.3 Å². The molecule has 8 aliphatic heterocycles. The summed E-state index contributed by atoms with van der Waals surface area (Å²) in [5.41, 5.74) is -1.27. The summed E-state index contributed by atoms with van der Waals surface area (Å²) in [6.07, 6.45) is -8.67. The van der Waals surface area contributed by atoms with Gasteiger partial charge in [-0.2, -0.15) is 13.2 Å². The van der Waals surface area contributed by atoms with Crippen LogP contribution in [0.4, 0.5) is 30.7 Å². The number of hydrogen-bond donors (Lipinski definition) is 0. The Morgan fingerprint density at radius 3 is 1.42 bits per heavy atom. The van der Waals surface area contributed by atoms with Gasteiger partial charge in [-0.3, -0.25) is 0 Å². The van der Waals surface area contributed by atoms with Gasteiger partial charge in [0.05, 0.1) is 67.1 Å². The molecule has 0 radical (unpaired) electrons. The molecule has 0 spiro atoms. The predicted molar refractivity (Wildman–Crippen MR) is 336 cm³/mol. The summed E-state index contributed by atoms with van der Waals surface area (Å²) >= 11 is 0. The lowest BCUT2D eigenvalue weighted by molar-refractivity contribution is -0.226. The van der Waals surface area contributed by atoms with Gasteiger partial charge in [0.1, 0.15) is 70.7 Å². The average molecular weight is 1530 g/mol. The Hall–Kier alpha value is -8.15. The zero-order valence-corrected chi connectivity index (χ0v) is 59.5. The van der Waals surface area contributed by atoms with E-state index in [9.17, 15) is 69.1 Å². The number of hydrogen-bond acceptors (Lipinski definition) is 32. The van der Waals surface area contributed by atoms with E-state index in [1.54, 1.807) is 39.8 Å². The third-order valence-corrected chi connectivity index (χ3v) is 14.6. The molecule has 0 aromatic heterocycles. The molecule has 3 aromatic carbocycles. The third kappa shape index (κ3) is 28.9. The molecule has 592 valence electrons. The summed E-state index contributed by atoms with van der Waals surface area (Å²) in [6, 6.07) is 14.3. The molecule has 0 N–H and O–H groups in total. The molecular formula is C67H83F7O32. The molecule has 0 bridgehead atoms. The molecule has 32 nitrogen and oxygen atoms in total. The van der Waals surface area contributed by atoms with E-state index < -0.39 is 121 Å². The monoisotopic (exact) mass is 1530 g/mol. The van der Waals surface area contributed by atoms with Crippen LogP contribution in [-0.2, 0) is 143 Å². The maximum absolute atomic E-state index is 13.1. The summed E-state index contributed by atoms with van der Waals surface area (Å²) in [7, 11) is 4.81. The highest BCUT2D eigenvalue weighted by atomic mass is 19.4. The van der Waals surface area contributed by atoms with Crippen LogP contribution < -0.4 is 14.2 Å². The number of terminal acetylenes is 1. The van der Waals surface area contributed by atoms with Crippen molar-refractivity contribution in [3.05, 3.63) is 89.2 Å². The lowest BCUT2D eigenvalue weighted by Gasteiger charge is -2.26. The second kappa shape index (κ2) is 44.2. The van der Waals surface area contributed by atoms with E-state index in [0.29, 0.717) is 23.1 Å². The van der Waals surface area contributed by atoms with Gasteiger partial charge in [0.2, 0.25) is 12.5 Å². The summed E-state index contributed by atoms with van der Waals surface area (Å²) in [5.74, 6) is -4.06. The van der Waals surface area contributed by atoms with Crippen molar-refractivity contribution in [1.82, 2.24) is 0 Å². The molecule has 12 unspecified atom stereocenters. The lowest BCUT2D eigenvalue weighted by atomic mass is 9.87. The normalized spacial score (nSPS) is 26.0. The van der Waals surface area contributed by atoms with Gasteiger partial charge in [-0.25, -0.2) is 55.9 Å². The van der Waals surface area contributed by atoms with E-state index in [4.69, 9.17) is 77.5 Å². The number of benzene rings is 3. The maximum atomic E-state index is 13.1. The van der Waals surface area contributed by atoms with Crippen LogP contribution in [0.2, 0.25) is 0 Å². The average Bonchev–Trinajstić information content (AvgIpc) is 1.60. The first kappa shape index (κ1) is 90.2. The lowest BCUT2D eigenvalue weighted by Crippen LogP contribution is -2.52. The van der Waals surface area contributed by atoms with Gasteiger partial charge in [-0.05, 0) is 93.6 Å². The van der Waals surface area contributed by atoms with Gasteiger partial charge >= 0.3 is 53.9 Å². The number of ether oxygens (including phenoxy) is 24. The van der Waals surface area contributed by atoms with Gasteiger partial charge in [0.15, 0.2) is 72.8 Å². The van der Waals surface area contributed by atoms with E-state index in [1.165, 1.54) is 38.0 Å². The minimum Gasteiger partial charge on any atom is -0.467 e. The Morgan fingerprint density at radius 1 is 0.519 bits per heavy atom. The molecule has 8 fully saturated rings. The van der Waals surface area contributed by atoms with E-state index in [-0.39, 0.29) is 122 Å². The number of methoxy groups -OCH3 is 4.